The van der Waals surface area contributed by atoms with E-state index in [1.807, 2.05) is 0 Å². The summed E-state index contributed by atoms with van der Waals surface area (Å²) in [6.07, 6.45) is 8.81. The monoisotopic (exact) mass is 261 g/mol. The molecule has 1 saturated carbocycles. The van der Waals surface area contributed by atoms with Crippen LogP contribution in [-0.2, 0) is 6.42 Å². The number of aryl methyl sites for hydroxylation is 1. The number of rotatable bonds is 10. The summed E-state index contributed by atoms with van der Waals surface area (Å²) in [7, 11) is 0. The van der Waals surface area contributed by atoms with Crippen molar-refractivity contribution >= 4 is 0 Å². The van der Waals surface area contributed by atoms with Crippen LogP contribution in [0.3, 0.4) is 0 Å². The first-order valence-electron chi connectivity index (χ1n) is 7.83. The summed E-state index contributed by atoms with van der Waals surface area (Å²) in [5.74, 6) is 1.01. The molecule has 1 aliphatic carbocycles. The van der Waals surface area contributed by atoms with Gasteiger partial charge in [0, 0.05) is 6.04 Å². The van der Waals surface area contributed by atoms with Crippen molar-refractivity contribution in [1.82, 2.24) is 5.32 Å². The predicted molar refractivity (Wildman–Crippen MR) is 80.8 cm³/mol. The molecule has 1 fully saturated rings. The van der Waals surface area contributed by atoms with Crippen LogP contribution in [0.5, 0.6) is 5.75 Å². The standard InChI is InChI=1S/C17H27NO/c1-2-3-6-15-7-11-17(12-8-15)19-14-5-4-13-18-16-9-10-16/h7-8,11-12,16,18H,2-6,9-10,13-14H2,1H3. The number of hydrogen-bond donors (Lipinski definition) is 1. The van der Waals surface area contributed by atoms with Gasteiger partial charge in [-0.25, -0.2) is 0 Å². The van der Waals surface area contributed by atoms with Gasteiger partial charge in [-0.15, -0.1) is 0 Å². The molecule has 0 heterocycles. The summed E-state index contributed by atoms with van der Waals surface area (Å²) in [5, 5.41) is 3.53. The zero-order valence-corrected chi connectivity index (χ0v) is 12.2. The van der Waals surface area contributed by atoms with Gasteiger partial charge in [0.15, 0.2) is 0 Å². The first-order chi connectivity index (χ1) is 9.38. The zero-order chi connectivity index (χ0) is 13.3. The van der Waals surface area contributed by atoms with E-state index in [2.05, 4.69) is 36.5 Å². The van der Waals surface area contributed by atoms with Gasteiger partial charge in [-0.2, -0.15) is 0 Å². The van der Waals surface area contributed by atoms with Crippen LogP contribution < -0.4 is 10.1 Å². The van der Waals surface area contributed by atoms with Crippen LogP contribution in [0.25, 0.3) is 0 Å². The summed E-state index contributed by atoms with van der Waals surface area (Å²) < 4.78 is 5.76. The van der Waals surface area contributed by atoms with Gasteiger partial charge in [0.2, 0.25) is 0 Å². The van der Waals surface area contributed by atoms with E-state index in [9.17, 15) is 0 Å². The van der Waals surface area contributed by atoms with E-state index in [4.69, 9.17) is 4.74 Å². The second-order valence-electron chi connectivity index (χ2n) is 5.53. The highest BCUT2D eigenvalue weighted by atomic mass is 16.5. The molecule has 2 heteroatoms. The normalized spacial score (nSPS) is 14.6. The molecule has 2 nitrogen and oxygen atoms in total. The minimum absolute atomic E-state index is 0.830. The molecule has 0 spiro atoms. The maximum atomic E-state index is 5.76. The van der Waals surface area contributed by atoms with Crippen LogP contribution in [0.1, 0.15) is 51.0 Å². The molecule has 1 aliphatic rings. The Morgan fingerprint density at radius 1 is 1.11 bits per heavy atom. The highest BCUT2D eigenvalue weighted by Crippen LogP contribution is 2.18. The average Bonchev–Trinajstić information content (AvgIpc) is 3.26. The molecule has 2 rings (SSSR count). The van der Waals surface area contributed by atoms with E-state index in [0.717, 1.165) is 31.4 Å². The van der Waals surface area contributed by atoms with Crippen molar-refractivity contribution in [2.45, 2.75) is 57.9 Å². The largest absolute Gasteiger partial charge is 0.494 e. The maximum absolute atomic E-state index is 5.76. The number of nitrogens with one attached hydrogen (secondary N) is 1. The average molecular weight is 261 g/mol. The third kappa shape index (κ3) is 6.11. The second-order valence-corrected chi connectivity index (χ2v) is 5.53. The fraction of sp³-hybridized carbons (Fsp3) is 0.647. The van der Waals surface area contributed by atoms with Crippen molar-refractivity contribution in [2.24, 2.45) is 0 Å². The lowest BCUT2D eigenvalue weighted by Crippen LogP contribution is -2.17. The summed E-state index contributed by atoms with van der Waals surface area (Å²) in [6, 6.07) is 9.43. The minimum atomic E-state index is 0.830. The highest BCUT2D eigenvalue weighted by Gasteiger charge is 2.19. The van der Waals surface area contributed by atoms with Crippen LogP contribution >= 0.6 is 0 Å². The first-order valence-corrected chi connectivity index (χ1v) is 7.83. The molecule has 0 radical (unpaired) electrons. The predicted octanol–water partition coefficient (Wildman–Crippen LogP) is 3.94. The van der Waals surface area contributed by atoms with E-state index >= 15 is 0 Å². The smallest absolute Gasteiger partial charge is 0.119 e. The van der Waals surface area contributed by atoms with Gasteiger partial charge in [0.1, 0.15) is 5.75 Å². The minimum Gasteiger partial charge on any atom is -0.494 e. The molecule has 0 aliphatic heterocycles. The van der Waals surface area contributed by atoms with Crippen LogP contribution in [0.2, 0.25) is 0 Å². The van der Waals surface area contributed by atoms with Gasteiger partial charge in [0.25, 0.3) is 0 Å². The SMILES string of the molecule is CCCCc1ccc(OCCCCNC2CC2)cc1. The molecule has 1 aromatic carbocycles. The van der Waals surface area contributed by atoms with Crippen molar-refractivity contribution in [2.75, 3.05) is 13.2 Å². The van der Waals surface area contributed by atoms with Crippen molar-refractivity contribution in [3.63, 3.8) is 0 Å². The molecule has 106 valence electrons. The van der Waals surface area contributed by atoms with E-state index in [0.29, 0.717) is 0 Å². The summed E-state index contributed by atoms with van der Waals surface area (Å²) >= 11 is 0. The van der Waals surface area contributed by atoms with E-state index in [1.54, 1.807) is 0 Å². The Morgan fingerprint density at radius 3 is 2.58 bits per heavy atom. The molecule has 0 amide bonds. The molecule has 0 unspecified atom stereocenters. The van der Waals surface area contributed by atoms with Crippen molar-refractivity contribution in [3.8, 4) is 5.75 Å². The van der Waals surface area contributed by atoms with Crippen LogP contribution in [0.4, 0.5) is 0 Å². The van der Waals surface area contributed by atoms with Crippen molar-refractivity contribution < 1.29 is 4.74 Å². The Morgan fingerprint density at radius 2 is 1.89 bits per heavy atom. The van der Waals surface area contributed by atoms with E-state index in [-0.39, 0.29) is 0 Å². The Bertz CT molecular complexity index is 343. The highest BCUT2D eigenvalue weighted by molar-refractivity contribution is 5.27. The lowest BCUT2D eigenvalue weighted by molar-refractivity contribution is 0.305. The Labute approximate surface area is 117 Å². The molecule has 0 aromatic heterocycles. The zero-order valence-electron chi connectivity index (χ0n) is 12.2. The molecule has 19 heavy (non-hydrogen) atoms. The van der Waals surface area contributed by atoms with Crippen LogP contribution in [0, 0.1) is 0 Å². The molecular formula is C17H27NO. The number of hydrogen-bond acceptors (Lipinski definition) is 2. The molecule has 1 N–H and O–H groups in total. The van der Waals surface area contributed by atoms with Crippen molar-refractivity contribution in [3.05, 3.63) is 29.8 Å². The Kier molecular flexibility index (Phi) is 6.22. The van der Waals surface area contributed by atoms with Crippen LogP contribution in [-0.4, -0.2) is 19.2 Å². The Balaban J connectivity index is 1.54. The van der Waals surface area contributed by atoms with Gasteiger partial charge in [-0.05, 0) is 62.8 Å². The van der Waals surface area contributed by atoms with E-state index < -0.39 is 0 Å². The fourth-order valence-corrected chi connectivity index (χ4v) is 2.14. The third-order valence-corrected chi connectivity index (χ3v) is 3.59. The lowest BCUT2D eigenvalue weighted by atomic mass is 10.1. The molecule has 0 bridgehead atoms. The van der Waals surface area contributed by atoms with E-state index in [1.165, 1.54) is 44.1 Å². The van der Waals surface area contributed by atoms with Gasteiger partial charge in [-0.3, -0.25) is 0 Å². The fourth-order valence-electron chi connectivity index (χ4n) is 2.14. The van der Waals surface area contributed by atoms with Crippen molar-refractivity contribution in [1.29, 1.82) is 0 Å². The second kappa shape index (κ2) is 8.21. The molecule has 1 aromatic rings. The topological polar surface area (TPSA) is 21.3 Å². The number of unbranched alkanes of at least 4 members (excludes halogenated alkanes) is 2. The maximum Gasteiger partial charge on any atom is 0.119 e. The van der Waals surface area contributed by atoms with Gasteiger partial charge >= 0.3 is 0 Å². The van der Waals surface area contributed by atoms with Gasteiger partial charge in [-0.1, -0.05) is 25.5 Å². The van der Waals surface area contributed by atoms with Crippen LogP contribution in [0.15, 0.2) is 24.3 Å². The molecule has 0 saturated heterocycles. The summed E-state index contributed by atoms with van der Waals surface area (Å²) in [4.78, 5) is 0. The van der Waals surface area contributed by atoms with Gasteiger partial charge < -0.3 is 10.1 Å². The quantitative estimate of drug-likeness (QED) is 0.644. The number of ether oxygens (including phenoxy) is 1. The number of benzene rings is 1. The van der Waals surface area contributed by atoms with Gasteiger partial charge in [0.05, 0.1) is 6.61 Å². The summed E-state index contributed by atoms with van der Waals surface area (Å²) in [6.45, 7) is 4.21. The molecular weight excluding hydrogens is 234 g/mol. The lowest BCUT2D eigenvalue weighted by Gasteiger charge is -2.07. The third-order valence-electron chi connectivity index (χ3n) is 3.59. The first kappa shape index (κ1) is 14.4. The molecule has 0 atom stereocenters. The Hall–Kier alpha value is -1.02. The summed E-state index contributed by atoms with van der Waals surface area (Å²) in [5.41, 5.74) is 1.42.